The van der Waals surface area contributed by atoms with E-state index in [2.05, 4.69) is 10.4 Å². The summed E-state index contributed by atoms with van der Waals surface area (Å²) in [6.45, 7) is 3.08. The van der Waals surface area contributed by atoms with Crippen molar-refractivity contribution in [1.82, 2.24) is 15.1 Å². The van der Waals surface area contributed by atoms with Gasteiger partial charge in [-0.1, -0.05) is 0 Å². The Balaban J connectivity index is 1.86. The van der Waals surface area contributed by atoms with Crippen LogP contribution in [-0.4, -0.2) is 22.9 Å². The summed E-state index contributed by atoms with van der Waals surface area (Å²) in [5, 5.41) is 8.65. The number of fused-ring (bicyclic) bond motifs is 1. The first-order valence-electron chi connectivity index (χ1n) is 5.65. The smallest absolute Gasteiger partial charge is 0.124 e. The summed E-state index contributed by atoms with van der Waals surface area (Å²) in [6.07, 6.45) is 3.13. The molecule has 0 bridgehead atoms. The van der Waals surface area contributed by atoms with E-state index >= 15 is 0 Å². The molecular weight excluding hydrogens is 205 g/mol. The van der Waals surface area contributed by atoms with E-state index < -0.39 is 0 Å². The zero-order chi connectivity index (χ0) is 11.0. The summed E-state index contributed by atoms with van der Waals surface area (Å²) in [4.78, 5) is 0. The number of nitrogens with zero attached hydrogens (tertiary/aromatic N) is 2. The summed E-state index contributed by atoms with van der Waals surface area (Å²) in [5.41, 5.74) is 0.868. The second-order valence-electron chi connectivity index (χ2n) is 4.41. The summed E-state index contributed by atoms with van der Waals surface area (Å²) in [6, 6.07) is 4.72. The highest BCUT2D eigenvalue weighted by molar-refractivity contribution is 5.77. The van der Waals surface area contributed by atoms with E-state index in [1.165, 1.54) is 18.6 Å². The molecule has 2 heterocycles. The Morgan fingerprint density at radius 2 is 2.44 bits per heavy atom. The number of aromatic nitrogens is 2. The molecule has 0 saturated carbocycles. The van der Waals surface area contributed by atoms with Gasteiger partial charge in [-0.05, 0) is 43.6 Å². The highest BCUT2D eigenvalue weighted by atomic mass is 19.1. The molecule has 1 aliphatic rings. The minimum atomic E-state index is -0.199. The third kappa shape index (κ3) is 1.80. The average molecular weight is 219 g/mol. The van der Waals surface area contributed by atoms with Crippen molar-refractivity contribution in [2.24, 2.45) is 5.92 Å². The molecule has 4 heteroatoms. The predicted octanol–water partition coefficient (Wildman–Crippen LogP) is 1.78. The Hall–Kier alpha value is -1.42. The van der Waals surface area contributed by atoms with Gasteiger partial charge < -0.3 is 5.32 Å². The van der Waals surface area contributed by atoms with Gasteiger partial charge >= 0.3 is 0 Å². The van der Waals surface area contributed by atoms with Crippen LogP contribution in [0.2, 0.25) is 0 Å². The van der Waals surface area contributed by atoms with Crippen LogP contribution in [0.15, 0.2) is 24.4 Å². The molecule has 1 aromatic heterocycles. The van der Waals surface area contributed by atoms with Crippen LogP contribution >= 0.6 is 0 Å². The van der Waals surface area contributed by atoms with Crippen molar-refractivity contribution in [2.75, 3.05) is 13.1 Å². The van der Waals surface area contributed by atoms with Gasteiger partial charge in [0.1, 0.15) is 5.82 Å². The number of halogens is 1. The normalized spacial score (nSPS) is 20.7. The van der Waals surface area contributed by atoms with Gasteiger partial charge in [-0.25, -0.2) is 4.39 Å². The zero-order valence-electron chi connectivity index (χ0n) is 8.99. The first-order chi connectivity index (χ1) is 7.81. The molecule has 1 saturated heterocycles. The minimum Gasteiger partial charge on any atom is -0.316 e. The van der Waals surface area contributed by atoms with Crippen molar-refractivity contribution in [2.45, 2.75) is 13.0 Å². The fraction of sp³-hybridized carbons (Fsp3) is 0.417. The number of rotatable bonds is 2. The van der Waals surface area contributed by atoms with E-state index in [9.17, 15) is 4.39 Å². The largest absolute Gasteiger partial charge is 0.316 e. The van der Waals surface area contributed by atoms with E-state index in [4.69, 9.17) is 0 Å². The summed E-state index contributed by atoms with van der Waals surface area (Å²) in [7, 11) is 0. The van der Waals surface area contributed by atoms with Crippen LogP contribution in [0.4, 0.5) is 4.39 Å². The monoisotopic (exact) mass is 219 g/mol. The van der Waals surface area contributed by atoms with Gasteiger partial charge in [0.05, 0.1) is 5.52 Å². The fourth-order valence-electron chi connectivity index (χ4n) is 2.28. The Bertz CT molecular complexity index is 500. The van der Waals surface area contributed by atoms with Gasteiger partial charge in [-0.15, -0.1) is 0 Å². The van der Waals surface area contributed by atoms with Crippen LogP contribution in [0.25, 0.3) is 10.9 Å². The molecule has 0 aliphatic carbocycles. The van der Waals surface area contributed by atoms with Crippen LogP contribution < -0.4 is 5.32 Å². The van der Waals surface area contributed by atoms with Crippen molar-refractivity contribution < 1.29 is 4.39 Å². The van der Waals surface area contributed by atoms with Crippen LogP contribution in [0.3, 0.4) is 0 Å². The lowest BCUT2D eigenvalue weighted by Crippen LogP contribution is -2.14. The molecule has 0 radical (unpaired) electrons. The molecule has 1 aromatic carbocycles. The zero-order valence-corrected chi connectivity index (χ0v) is 8.99. The van der Waals surface area contributed by atoms with Gasteiger partial charge in [-0.3, -0.25) is 4.68 Å². The first-order valence-corrected chi connectivity index (χ1v) is 5.65. The van der Waals surface area contributed by atoms with Crippen LogP contribution in [0.5, 0.6) is 0 Å². The third-order valence-electron chi connectivity index (χ3n) is 3.12. The molecular formula is C12H14FN3. The molecule has 1 N–H and O–H groups in total. The number of hydrogen-bond donors (Lipinski definition) is 1. The third-order valence-corrected chi connectivity index (χ3v) is 3.12. The Morgan fingerprint density at radius 3 is 3.25 bits per heavy atom. The van der Waals surface area contributed by atoms with Crippen molar-refractivity contribution in [3.63, 3.8) is 0 Å². The predicted molar refractivity (Wildman–Crippen MR) is 60.7 cm³/mol. The summed E-state index contributed by atoms with van der Waals surface area (Å²) in [5.74, 6) is 0.453. The van der Waals surface area contributed by atoms with Crippen molar-refractivity contribution in [3.05, 3.63) is 30.2 Å². The van der Waals surface area contributed by atoms with E-state index in [0.717, 1.165) is 30.5 Å². The van der Waals surface area contributed by atoms with E-state index in [0.29, 0.717) is 5.92 Å². The van der Waals surface area contributed by atoms with Crippen LogP contribution in [0, 0.1) is 11.7 Å². The number of nitrogens with one attached hydrogen (secondary N) is 1. The van der Waals surface area contributed by atoms with Gasteiger partial charge in [0.2, 0.25) is 0 Å². The molecule has 1 atom stereocenters. The molecule has 84 valence electrons. The van der Waals surface area contributed by atoms with Gasteiger partial charge in [0.15, 0.2) is 0 Å². The SMILES string of the molecule is Fc1ccc2nn(CC3CCNC3)cc2c1. The summed E-state index contributed by atoms with van der Waals surface area (Å²) < 4.78 is 14.9. The highest BCUT2D eigenvalue weighted by Crippen LogP contribution is 2.16. The lowest BCUT2D eigenvalue weighted by molar-refractivity contribution is 0.452. The second-order valence-corrected chi connectivity index (χ2v) is 4.41. The maximum Gasteiger partial charge on any atom is 0.124 e. The average Bonchev–Trinajstić information content (AvgIpc) is 2.86. The highest BCUT2D eigenvalue weighted by Gasteiger charge is 2.15. The molecule has 1 unspecified atom stereocenters. The van der Waals surface area contributed by atoms with Crippen LogP contribution in [0.1, 0.15) is 6.42 Å². The molecule has 2 aromatic rings. The number of benzene rings is 1. The molecule has 16 heavy (non-hydrogen) atoms. The topological polar surface area (TPSA) is 29.9 Å². The van der Waals surface area contributed by atoms with Crippen molar-refractivity contribution in [1.29, 1.82) is 0 Å². The van der Waals surface area contributed by atoms with E-state index in [1.54, 1.807) is 6.07 Å². The maximum absolute atomic E-state index is 13.0. The minimum absolute atomic E-state index is 0.199. The molecule has 1 fully saturated rings. The Kier molecular flexibility index (Phi) is 2.36. The molecule has 1 aliphatic heterocycles. The first kappa shape index (κ1) is 9.78. The van der Waals surface area contributed by atoms with Gasteiger partial charge in [0, 0.05) is 18.1 Å². The van der Waals surface area contributed by atoms with E-state index in [1.807, 2.05) is 10.9 Å². The second kappa shape index (κ2) is 3.87. The lowest BCUT2D eigenvalue weighted by atomic mass is 10.1. The van der Waals surface area contributed by atoms with Gasteiger partial charge in [0.25, 0.3) is 0 Å². The lowest BCUT2D eigenvalue weighted by Gasteiger charge is -2.07. The maximum atomic E-state index is 13.0. The standard InChI is InChI=1S/C12H14FN3/c13-11-1-2-12-10(5-11)8-16(15-12)7-9-3-4-14-6-9/h1-2,5,8-9,14H,3-4,6-7H2. The number of hydrogen-bond acceptors (Lipinski definition) is 2. The summed E-state index contributed by atoms with van der Waals surface area (Å²) >= 11 is 0. The molecule has 3 nitrogen and oxygen atoms in total. The van der Waals surface area contributed by atoms with Gasteiger partial charge in [-0.2, -0.15) is 5.10 Å². The fourth-order valence-corrected chi connectivity index (χ4v) is 2.28. The van der Waals surface area contributed by atoms with Crippen molar-refractivity contribution in [3.8, 4) is 0 Å². The Labute approximate surface area is 93.3 Å². The molecule has 0 amide bonds. The molecule has 3 rings (SSSR count). The van der Waals surface area contributed by atoms with E-state index in [-0.39, 0.29) is 5.82 Å². The Morgan fingerprint density at radius 1 is 1.50 bits per heavy atom. The quantitative estimate of drug-likeness (QED) is 0.834. The molecule has 0 spiro atoms. The van der Waals surface area contributed by atoms with Crippen LogP contribution in [-0.2, 0) is 6.54 Å². The van der Waals surface area contributed by atoms with Crippen molar-refractivity contribution >= 4 is 10.9 Å².